The first kappa shape index (κ1) is 19.7. The molecule has 2 heterocycles. The van der Waals surface area contributed by atoms with E-state index in [0.717, 1.165) is 6.07 Å². The van der Waals surface area contributed by atoms with Crippen LogP contribution >= 0.6 is 11.3 Å². The number of hydrogen-bond donors (Lipinski definition) is 2. The molecule has 2 amide bonds. The van der Waals surface area contributed by atoms with E-state index >= 15 is 0 Å². The highest BCUT2D eigenvalue weighted by Gasteiger charge is 2.24. The number of halogens is 1. The number of nitrogens with zero attached hydrogens (tertiary/aromatic N) is 2. The largest absolute Gasteiger partial charge is 0.446 e. The normalized spacial score (nSPS) is 12.0. The summed E-state index contributed by atoms with van der Waals surface area (Å²) in [6.45, 7) is 3.97. The fraction of sp³-hybridized carbons (Fsp3) is 0.263. The number of rotatable bonds is 7. The molecule has 0 saturated heterocycles. The molecule has 0 bridgehead atoms. The average Bonchev–Trinajstić information content (AvgIpc) is 3.32. The zero-order valence-corrected chi connectivity index (χ0v) is 16.1. The van der Waals surface area contributed by atoms with Crippen molar-refractivity contribution in [1.29, 1.82) is 0 Å². The molecule has 3 rings (SSSR count). The van der Waals surface area contributed by atoms with Crippen LogP contribution in [0.25, 0.3) is 0 Å². The lowest BCUT2D eigenvalue weighted by molar-refractivity contribution is 0.0923. The van der Waals surface area contributed by atoms with Gasteiger partial charge < -0.3 is 9.73 Å². The van der Waals surface area contributed by atoms with E-state index < -0.39 is 23.7 Å². The summed E-state index contributed by atoms with van der Waals surface area (Å²) in [4.78, 5) is 32.9. The molecule has 0 unspecified atom stereocenters. The molecule has 0 aliphatic heterocycles. The summed E-state index contributed by atoms with van der Waals surface area (Å²) in [5.41, 5.74) is 0.279. The number of hydrogen-bond acceptors (Lipinski definition) is 6. The third-order valence-electron chi connectivity index (χ3n) is 3.80. The van der Waals surface area contributed by atoms with Crippen molar-refractivity contribution >= 4 is 28.3 Å². The van der Waals surface area contributed by atoms with Crippen molar-refractivity contribution in [2.75, 3.05) is 5.32 Å². The van der Waals surface area contributed by atoms with Crippen LogP contribution in [-0.2, 0) is 0 Å². The molecule has 0 radical (unpaired) electrons. The number of thiazole rings is 1. The Hall–Kier alpha value is -3.07. The van der Waals surface area contributed by atoms with Gasteiger partial charge in [0.2, 0.25) is 5.89 Å². The Morgan fingerprint density at radius 2 is 2.11 bits per heavy atom. The maximum atomic E-state index is 13.4. The minimum absolute atomic E-state index is 0.0824. The minimum atomic E-state index is -0.558. The predicted octanol–water partition coefficient (Wildman–Crippen LogP) is 4.04. The molecule has 7 nitrogen and oxygen atoms in total. The summed E-state index contributed by atoms with van der Waals surface area (Å²) in [6, 6.07) is 4.85. The Balaban J connectivity index is 1.75. The van der Waals surface area contributed by atoms with E-state index in [0.29, 0.717) is 11.6 Å². The van der Waals surface area contributed by atoms with Crippen molar-refractivity contribution < 1.29 is 18.4 Å². The molecule has 3 aromatic rings. The molecule has 0 spiro atoms. The van der Waals surface area contributed by atoms with Crippen molar-refractivity contribution in [2.45, 2.75) is 26.3 Å². The van der Waals surface area contributed by atoms with E-state index in [1.54, 1.807) is 11.6 Å². The number of amides is 2. The summed E-state index contributed by atoms with van der Waals surface area (Å²) < 4.78 is 18.8. The highest BCUT2D eigenvalue weighted by Crippen LogP contribution is 2.22. The van der Waals surface area contributed by atoms with Crippen molar-refractivity contribution in [3.05, 3.63) is 65.1 Å². The Morgan fingerprint density at radius 3 is 2.79 bits per heavy atom. The first-order valence-electron chi connectivity index (χ1n) is 8.65. The molecule has 9 heteroatoms. The van der Waals surface area contributed by atoms with E-state index in [1.807, 2.05) is 13.8 Å². The Kier molecular flexibility index (Phi) is 6.15. The van der Waals surface area contributed by atoms with Crippen molar-refractivity contribution in [1.82, 2.24) is 15.3 Å². The van der Waals surface area contributed by atoms with Gasteiger partial charge in [0.1, 0.15) is 18.1 Å². The first-order chi connectivity index (χ1) is 13.4. The molecule has 2 N–H and O–H groups in total. The zero-order chi connectivity index (χ0) is 20.1. The van der Waals surface area contributed by atoms with Gasteiger partial charge in [-0.15, -0.1) is 11.3 Å². The average molecular weight is 402 g/mol. The topological polar surface area (TPSA) is 97.1 Å². The maximum Gasteiger partial charge on any atom is 0.279 e. The highest BCUT2D eigenvalue weighted by atomic mass is 32.1. The first-order valence-corrected chi connectivity index (χ1v) is 9.53. The van der Waals surface area contributed by atoms with Crippen molar-refractivity contribution in [2.24, 2.45) is 5.92 Å². The fourth-order valence-corrected chi connectivity index (χ4v) is 3.09. The predicted molar refractivity (Wildman–Crippen MR) is 103 cm³/mol. The lowest BCUT2D eigenvalue weighted by atomic mass is 10.0. The molecule has 0 aliphatic carbocycles. The van der Waals surface area contributed by atoms with E-state index in [9.17, 15) is 14.0 Å². The maximum absolute atomic E-state index is 13.4. The van der Waals surface area contributed by atoms with Crippen LogP contribution in [0.2, 0.25) is 0 Å². The Bertz CT molecular complexity index is 956. The van der Waals surface area contributed by atoms with Gasteiger partial charge in [-0.25, -0.2) is 14.4 Å². The number of nitrogens with one attached hydrogen (secondary N) is 2. The van der Waals surface area contributed by atoms with Crippen LogP contribution in [0.4, 0.5) is 9.52 Å². The van der Waals surface area contributed by atoms with E-state index in [1.165, 1.54) is 35.8 Å². The SMILES string of the molecule is CC(C)C[C@H](NC(=O)c1cccc(F)c1)c1nc(C(=O)Nc2nccs2)co1. The zero-order valence-electron chi connectivity index (χ0n) is 15.3. The van der Waals surface area contributed by atoms with Crippen molar-refractivity contribution in [3.63, 3.8) is 0 Å². The number of anilines is 1. The third-order valence-corrected chi connectivity index (χ3v) is 4.49. The van der Waals surface area contributed by atoms with Crippen LogP contribution in [0.15, 0.2) is 46.5 Å². The molecule has 146 valence electrons. The van der Waals surface area contributed by atoms with Crippen LogP contribution in [0.1, 0.15) is 53.0 Å². The van der Waals surface area contributed by atoms with Gasteiger partial charge in [0.05, 0.1) is 0 Å². The second kappa shape index (κ2) is 8.75. The molecule has 28 heavy (non-hydrogen) atoms. The number of benzene rings is 1. The van der Waals surface area contributed by atoms with Gasteiger partial charge in [0.15, 0.2) is 10.8 Å². The van der Waals surface area contributed by atoms with E-state index in [2.05, 4.69) is 20.6 Å². The lowest BCUT2D eigenvalue weighted by Crippen LogP contribution is -2.30. The number of oxazole rings is 1. The minimum Gasteiger partial charge on any atom is -0.446 e. The molecule has 0 fully saturated rings. The molecule has 0 saturated carbocycles. The Morgan fingerprint density at radius 1 is 1.29 bits per heavy atom. The fourth-order valence-electron chi connectivity index (χ4n) is 2.56. The van der Waals surface area contributed by atoms with Gasteiger partial charge in [0.25, 0.3) is 11.8 Å². The smallest absolute Gasteiger partial charge is 0.279 e. The molecule has 2 aromatic heterocycles. The van der Waals surface area contributed by atoms with Crippen LogP contribution < -0.4 is 10.6 Å². The molecular weight excluding hydrogens is 383 g/mol. The van der Waals surface area contributed by atoms with Gasteiger partial charge in [-0.3, -0.25) is 14.9 Å². The molecule has 1 aromatic carbocycles. The van der Waals surface area contributed by atoms with Gasteiger partial charge in [-0.2, -0.15) is 0 Å². The summed E-state index contributed by atoms with van der Waals surface area (Å²) in [5.74, 6) is -0.966. The number of aromatic nitrogens is 2. The second-order valence-corrected chi connectivity index (χ2v) is 7.42. The summed E-state index contributed by atoms with van der Waals surface area (Å²) >= 11 is 1.29. The van der Waals surface area contributed by atoms with Crippen molar-refractivity contribution in [3.8, 4) is 0 Å². The number of carbonyl (C=O) groups is 2. The van der Waals surface area contributed by atoms with E-state index in [-0.39, 0.29) is 23.1 Å². The monoisotopic (exact) mass is 402 g/mol. The lowest BCUT2D eigenvalue weighted by Gasteiger charge is -2.17. The Labute approximate surface area is 165 Å². The summed E-state index contributed by atoms with van der Waals surface area (Å²) in [7, 11) is 0. The van der Waals surface area contributed by atoms with Gasteiger partial charge in [-0.05, 0) is 30.5 Å². The van der Waals surface area contributed by atoms with Crippen LogP contribution in [0, 0.1) is 11.7 Å². The van der Waals surface area contributed by atoms with Crippen LogP contribution in [0.5, 0.6) is 0 Å². The highest BCUT2D eigenvalue weighted by molar-refractivity contribution is 7.13. The quantitative estimate of drug-likeness (QED) is 0.622. The third kappa shape index (κ3) is 5.01. The summed E-state index contributed by atoms with van der Waals surface area (Å²) in [6.07, 6.45) is 3.35. The van der Waals surface area contributed by atoms with Crippen LogP contribution in [0.3, 0.4) is 0 Å². The van der Waals surface area contributed by atoms with Gasteiger partial charge in [0, 0.05) is 17.1 Å². The molecule has 1 atom stereocenters. The summed E-state index contributed by atoms with van der Waals surface area (Å²) in [5, 5.41) is 7.62. The van der Waals surface area contributed by atoms with E-state index in [4.69, 9.17) is 4.42 Å². The van der Waals surface area contributed by atoms with Crippen LogP contribution in [-0.4, -0.2) is 21.8 Å². The number of carbonyl (C=O) groups excluding carboxylic acids is 2. The second-order valence-electron chi connectivity index (χ2n) is 6.53. The van der Waals surface area contributed by atoms with Gasteiger partial charge >= 0.3 is 0 Å². The van der Waals surface area contributed by atoms with Gasteiger partial charge in [-0.1, -0.05) is 19.9 Å². The molecular formula is C19H19FN4O3S. The standard InChI is InChI=1S/C19H19FN4O3S/c1-11(2)8-14(22-16(25)12-4-3-5-13(20)9-12)18-23-15(10-27-18)17(26)24-19-21-6-7-28-19/h3-7,9-11,14H,8H2,1-2H3,(H,22,25)(H,21,24,26)/t14-/m0/s1. The molecule has 0 aliphatic rings.